The fourth-order valence-corrected chi connectivity index (χ4v) is 2.27. The van der Waals surface area contributed by atoms with Crippen LogP contribution in [0.2, 0.25) is 0 Å². The number of hydrogen-bond donors (Lipinski definition) is 2. The standard InChI is InChI=1S/C16H15N7O/c17-9-12-14(21-16(19)22-15(12)18)11-3-1-2-4-13(11)24-8-7-23-6-5-20-10-23/h1-6,10H,7-8H2,(H4,18,19,21,22). The summed E-state index contributed by atoms with van der Waals surface area (Å²) in [5.74, 6) is 0.648. The lowest BCUT2D eigenvalue weighted by Gasteiger charge is -2.13. The van der Waals surface area contributed by atoms with E-state index in [1.165, 1.54) is 0 Å². The highest BCUT2D eigenvalue weighted by atomic mass is 16.5. The Hall–Kier alpha value is -3.60. The monoisotopic (exact) mass is 321 g/mol. The van der Waals surface area contributed by atoms with Gasteiger partial charge in [-0.2, -0.15) is 10.2 Å². The van der Waals surface area contributed by atoms with Gasteiger partial charge in [-0.15, -0.1) is 0 Å². The Morgan fingerprint density at radius 3 is 2.79 bits per heavy atom. The normalized spacial score (nSPS) is 10.3. The van der Waals surface area contributed by atoms with Crippen LogP contribution in [-0.2, 0) is 6.54 Å². The SMILES string of the molecule is N#Cc1c(N)nc(N)nc1-c1ccccc1OCCn1ccnc1. The molecule has 0 aliphatic rings. The first-order chi connectivity index (χ1) is 11.7. The maximum atomic E-state index is 9.34. The molecule has 0 fully saturated rings. The number of benzene rings is 1. The van der Waals surface area contributed by atoms with E-state index in [-0.39, 0.29) is 17.3 Å². The minimum absolute atomic E-state index is 0.00900. The van der Waals surface area contributed by atoms with Gasteiger partial charge in [0.25, 0.3) is 0 Å². The van der Waals surface area contributed by atoms with Gasteiger partial charge in [-0.25, -0.2) is 9.97 Å². The number of nitriles is 1. The minimum Gasteiger partial charge on any atom is -0.491 e. The third-order valence-electron chi connectivity index (χ3n) is 3.37. The van der Waals surface area contributed by atoms with E-state index in [9.17, 15) is 5.26 Å². The quantitative estimate of drug-likeness (QED) is 0.727. The van der Waals surface area contributed by atoms with Crippen LogP contribution in [0.1, 0.15) is 5.56 Å². The first-order valence-corrected chi connectivity index (χ1v) is 7.20. The number of nitrogens with zero attached hydrogens (tertiary/aromatic N) is 5. The summed E-state index contributed by atoms with van der Waals surface area (Å²) in [6.07, 6.45) is 5.28. The Morgan fingerprint density at radius 1 is 1.21 bits per heavy atom. The van der Waals surface area contributed by atoms with Crippen LogP contribution in [0.15, 0.2) is 43.0 Å². The van der Waals surface area contributed by atoms with E-state index in [1.807, 2.05) is 29.0 Å². The zero-order valence-electron chi connectivity index (χ0n) is 12.8. The van der Waals surface area contributed by atoms with Gasteiger partial charge >= 0.3 is 0 Å². The molecule has 0 radical (unpaired) electrons. The molecule has 0 aliphatic carbocycles. The molecular formula is C16H15N7O. The van der Waals surface area contributed by atoms with Gasteiger partial charge in [-0.05, 0) is 12.1 Å². The molecule has 0 saturated heterocycles. The van der Waals surface area contributed by atoms with Crippen LogP contribution >= 0.6 is 0 Å². The number of rotatable bonds is 5. The van der Waals surface area contributed by atoms with Crippen molar-refractivity contribution in [3.05, 3.63) is 48.5 Å². The molecule has 0 atom stereocenters. The summed E-state index contributed by atoms with van der Waals surface area (Å²) < 4.78 is 7.75. The van der Waals surface area contributed by atoms with Crippen molar-refractivity contribution in [2.45, 2.75) is 6.54 Å². The van der Waals surface area contributed by atoms with Gasteiger partial charge in [0, 0.05) is 18.0 Å². The van der Waals surface area contributed by atoms with Crippen molar-refractivity contribution in [3.8, 4) is 23.1 Å². The smallest absolute Gasteiger partial charge is 0.222 e. The van der Waals surface area contributed by atoms with E-state index < -0.39 is 0 Å². The second-order valence-corrected chi connectivity index (χ2v) is 4.95. The van der Waals surface area contributed by atoms with Gasteiger partial charge in [0.1, 0.15) is 29.8 Å². The number of imidazole rings is 1. The lowest BCUT2D eigenvalue weighted by molar-refractivity contribution is 0.299. The second kappa shape index (κ2) is 6.66. The Kier molecular flexibility index (Phi) is 4.25. The van der Waals surface area contributed by atoms with Crippen molar-refractivity contribution >= 4 is 11.8 Å². The zero-order chi connectivity index (χ0) is 16.9. The molecule has 2 aromatic heterocycles. The zero-order valence-corrected chi connectivity index (χ0v) is 12.8. The fraction of sp³-hybridized carbons (Fsp3) is 0.125. The fourth-order valence-electron chi connectivity index (χ4n) is 2.27. The van der Waals surface area contributed by atoms with Crippen molar-refractivity contribution in [3.63, 3.8) is 0 Å². The molecule has 8 heteroatoms. The van der Waals surface area contributed by atoms with Gasteiger partial charge in [0.05, 0.1) is 18.6 Å². The number of nitrogens with two attached hydrogens (primary N) is 2. The van der Waals surface area contributed by atoms with Crippen molar-refractivity contribution in [2.24, 2.45) is 0 Å². The minimum atomic E-state index is 0.00900. The number of ether oxygens (including phenoxy) is 1. The molecule has 0 aliphatic heterocycles. The Balaban J connectivity index is 1.91. The second-order valence-electron chi connectivity index (χ2n) is 4.95. The number of hydrogen-bond acceptors (Lipinski definition) is 7. The van der Waals surface area contributed by atoms with Gasteiger partial charge in [-0.3, -0.25) is 0 Å². The van der Waals surface area contributed by atoms with E-state index >= 15 is 0 Å². The van der Waals surface area contributed by atoms with Crippen LogP contribution in [0.25, 0.3) is 11.3 Å². The molecule has 1 aromatic carbocycles. The molecule has 3 aromatic rings. The summed E-state index contributed by atoms with van der Waals surface area (Å²) in [7, 11) is 0. The molecule has 120 valence electrons. The summed E-state index contributed by atoms with van der Waals surface area (Å²) in [5.41, 5.74) is 12.6. The van der Waals surface area contributed by atoms with E-state index in [1.54, 1.807) is 24.7 Å². The molecule has 0 saturated carbocycles. The van der Waals surface area contributed by atoms with Gasteiger partial charge in [0.15, 0.2) is 0 Å². The highest BCUT2D eigenvalue weighted by molar-refractivity contribution is 5.77. The lowest BCUT2D eigenvalue weighted by Crippen LogP contribution is -2.08. The number of aromatic nitrogens is 4. The van der Waals surface area contributed by atoms with Crippen LogP contribution in [0.5, 0.6) is 5.75 Å². The maximum Gasteiger partial charge on any atom is 0.222 e. The predicted octanol–water partition coefficient (Wildman–Crippen LogP) is 1.46. The number of para-hydroxylation sites is 1. The summed E-state index contributed by atoms with van der Waals surface area (Å²) in [6.45, 7) is 1.08. The molecule has 0 bridgehead atoms. The maximum absolute atomic E-state index is 9.34. The van der Waals surface area contributed by atoms with E-state index in [2.05, 4.69) is 15.0 Å². The van der Waals surface area contributed by atoms with Crippen LogP contribution in [0.4, 0.5) is 11.8 Å². The Labute approximate surface area is 138 Å². The average molecular weight is 321 g/mol. The molecular weight excluding hydrogens is 306 g/mol. The van der Waals surface area contributed by atoms with Crippen molar-refractivity contribution in [2.75, 3.05) is 18.1 Å². The summed E-state index contributed by atoms with van der Waals surface area (Å²) >= 11 is 0. The molecule has 0 amide bonds. The molecule has 8 nitrogen and oxygen atoms in total. The topological polar surface area (TPSA) is 129 Å². The van der Waals surface area contributed by atoms with Crippen LogP contribution < -0.4 is 16.2 Å². The third-order valence-corrected chi connectivity index (χ3v) is 3.37. The first kappa shape index (κ1) is 15.3. The van der Waals surface area contributed by atoms with Crippen LogP contribution in [0, 0.1) is 11.3 Å². The average Bonchev–Trinajstić information content (AvgIpc) is 3.08. The summed E-state index contributed by atoms with van der Waals surface area (Å²) in [6, 6.07) is 9.30. The van der Waals surface area contributed by atoms with E-state index in [4.69, 9.17) is 16.2 Å². The van der Waals surface area contributed by atoms with E-state index in [0.717, 1.165) is 0 Å². The lowest BCUT2D eigenvalue weighted by atomic mass is 10.1. The third kappa shape index (κ3) is 3.10. The summed E-state index contributed by atoms with van der Waals surface area (Å²) in [4.78, 5) is 12.0. The summed E-state index contributed by atoms with van der Waals surface area (Å²) in [5, 5.41) is 9.34. The van der Waals surface area contributed by atoms with Crippen molar-refractivity contribution < 1.29 is 4.74 Å². The first-order valence-electron chi connectivity index (χ1n) is 7.20. The highest BCUT2D eigenvalue weighted by Crippen LogP contribution is 2.32. The Bertz CT molecular complexity index is 884. The molecule has 0 unspecified atom stereocenters. The molecule has 4 N–H and O–H groups in total. The molecule has 2 heterocycles. The Morgan fingerprint density at radius 2 is 2.04 bits per heavy atom. The largest absolute Gasteiger partial charge is 0.491 e. The van der Waals surface area contributed by atoms with Crippen molar-refractivity contribution in [1.82, 2.24) is 19.5 Å². The van der Waals surface area contributed by atoms with Gasteiger partial charge < -0.3 is 20.8 Å². The van der Waals surface area contributed by atoms with Crippen molar-refractivity contribution in [1.29, 1.82) is 5.26 Å². The van der Waals surface area contributed by atoms with Crippen LogP contribution in [-0.4, -0.2) is 26.1 Å². The molecule has 24 heavy (non-hydrogen) atoms. The van der Waals surface area contributed by atoms with Gasteiger partial charge in [0.2, 0.25) is 5.95 Å². The van der Waals surface area contributed by atoms with Gasteiger partial charge in [-0.1, -0.05) is 12.1 Å². The molecule has 0 spiro atoms. The van der Waals surface area contributed by atoms with E-state index in [0.29, 0.717) is 30.2 Å². The molecule has 3 rings (SSSR count). The highest BCUT2D eigenvalue weighted by Gasteiger charge is 2.16. The number of nitrogen functional groups attached to an aromatic ring is 2. The van der Waals surface area contributed by atoms with Crippen LogP contribution in [0.3, 0.4) is 0 Å². The number of anilines is 2. The predicted molar refractivity (Wildman–Crippen MR) is 88.7 cm³/mol.